The van der Waals surface area contributed by atoms with Gasteiger partial charge in [0.1, 0.15) is 0 Å². The number of ether oxygens (including phenoxy) is 1. The molecule has 0 aromatic rings. The third kappa shape index (κ3) is 15.4. The molecule has 25 heavy (non-hydrogen) atoms. The highest BCUT2D eigenvalue weighted by Gasteiger charge is 2.26. The summed E-state index contributed by atoms with van der Waals surface area (Å²) >= 11 is 0. The fourth-order valence-corrected chi connectivity index (χ4v) is 3.02. The van der Waals surface area contributed by atoms with Gasteiger partial charge in [0.05, 0.1) is 6.61 Å². The molecule has 0 aliphatic carbocycles. The van der Waals surface area contributed by atoms with Crippen LogP contribution in [-0.4, -0.2) is 30.8 Å². The van der Waals surface area contributed by atoms with Gasteiger partial charge in [-0.3, -0.25) is 9.35 Å². The molecule has 0 bridgehead atoms. The van der Waals surface area contributed by atoms with E-state index in [1.54, 1.807) is 0 Å². The Bertz CT molecular complexity index is 420. The van der Waals surface area contributed by atoms with Gasteiger partial charge >= 0.3 is 5.97 Å². The molecule has 1 atom stereocenters. The summed E-state index contributed by atoms with van der Waals surface area (Å²) in [6, 6.07) is 0. The molecule has 0 rings (SSSR count). The lowest BCUT2D eigenvalue weighted by Crippen LogP contribution is -2.28. The van der Waals surface area contributed by atoms with Crippen molar-refractivity contribution in [2.75, 3.05) is 6.61 Å². The topological polar surface area (TPSA) is 80.7 Å². The Hall–Kier alpha value is -0.620. The largest absolute Gasteiger partial charge is 0.465 e. The lowest BCUT2D eigenvalue weighted by atomic mass is 10.0. The average molecular weight is 379 g/mol. The second-order valence-electron chi connectivity index (χ2n) is 6.92. The summed E-state index contributed by atoms with van der Waals surface area (Å²) in [5.74, 6) is -0.878. The summed E-state index contributed by atoms with van der Waals surface area (Å²) in [6.07, 6.45) is 17.5. The SMILES string of the molecule is CCCCCCCCCCCCCCCCOC(=O)C(C)S(=O)(=O)O. The zero-order chi connectivity index (χ0) is 19.0. The molecule has 0 saturated heterocycles. The number of carbonyl (C=O) groups excluding carboxylic acids is 1. The van der Waals surface area contributed by atoms with Crippen LogP contribution in [0.2, 0.25) is 0 Å². The van der Waals surface area contributed by atoms with Gasteiger partial charge in [-0.2, -0.15) is 8.42 Å². The number of hydrogen-bond acceptors (Lipinski definition) is 4. The molecule has 1 unspecified atom stereocenters. The van der Waals surface area contributed by atoms with Gasteiger partial charge in [-0.1, -0.05) is 90.4 Å². The molecule has 1 N–H and O–H groups in total. The smallest absolute Gasteiger partial charge is 0.326 e. The predicted molar refractivity (Wildman–Crippen MR) is 102 cm³/mol. The standard InChI is InChI=1S/C19H38O5S/c1-3-4-5-6-7-8-9-10-11-12-13-14-15-16-17-24-19(20)18(2)25(21,22)23/h18H,3-17H2,1-2H3,(H,21,22,23). The number of unbranched alkanes of at least 4 members (excludes halogenated alkanes) is 13. The van der Waals surface area contributed by atoms with Crippen molar-refractivity contribution in [3.05, 3.63) is 0 Å². The van der Waals surface area contributed by atoms with Crippen molar-refractivity contribution in [2.24, 2.45) is 0 Å². The van der Waals surface area contributed by atoms with E-state index < -0.39 is 21.3 Å². The van der Waals surface area contributed by atoms with E-state index in [9.17, 15) is 13.2 Å². The van der Waals surface area contributed by atoms with E-state index in [2.05, 4.69) is 6.92 Å². The maximum Gasteiger partial charge on any atom is 0.326 e. The lowest BCUT2D eigenvalue weighted by molar-refractivity contribution is -0.143. The van der Waals surface area contributed by atoms with E-state index in [1.807, 2.05) is 0 Å². The molecule has 0 radical (unpaired) electrons. The Morgan fingerprint density at radius 2 is 1.16 bits per heavy atom. The van der Waals surface area contributed by atoms with Gasteiger partial charge in [-0.25, -0.2) is 0 Å². The summed E-state index contributed by atoms with van der Waals surface area (Å²) < 4.78 is 35.2. The molecule has 150 valence electrons. The Morgan fingerprint density at radius 1 is 0.800 bits per heavy atom. The van der Waals surface area contributed by atoms with Crippen molar-refractivity contribution in [1.29, 1.82) is 0 Å². The number of rotatable bonds is 17. The van der Waals surface area contributed by atoms with Crippen LogP contribution in [0.15, 0.2) is 0 Å². The highest BCUT2D eigenvalue weighted by atomic mass is 32.2. The van der Waals surface area contributed by atoms with Crippen LogP contribution in [0.5, 0.6) is 0 Å². The number of esters is 1. The van der Waals surface area contributed by atoms with E-state index >= 15 is 0 Å². The molecule has 0 heterocycles. The number of hydrogen-bond donors (Lipinski definition) is 1. The summed E-state index contributed by atoms with van der Waals surface area (Å²) in [6.45, 7) is 3.59. The van der Waals surface area contributed by atoms with Gasteiger partial charge < -0.3 is 4.74 Å². The van der Waals surface area contributed by atoms with E-state index in [1.165, 1.54) is 70.6 Å². The van der Waals surface area contributed by atoms with Crippen molar-refractivity contribution in [3.63, 3.8) is 0 Å². The molecule has 6 heteroatoms. The Kier molecular flexibility index (Phi) is 15.2. The van der Waals surface area contributed by atoms with Crippen molar-refractivity contribution < 1.29 is 22.5 Å². The first-order valence-corrected chi connectivity index (χ1v) is 11.5. The van der Waals surface area contributed by atoms with Crippen LogP contribution in [0.3, 0.4) is 0 Å². The third-order valence-corrected chi connectivity index (χ3v) is 5.61. The van der Waals surface area contributed by atoms with Crippen LogP contribution in [0.25, 0.3) is 0 Å². The second kappa shape index (κ2) is 15.6. The van der Waals surface area contributed by atoms with Crippen molar-refractivity contribution >= 4 is 16.1 Å². The normalized spacial score (nSPS) is 12.9. The van der Waals surface area contributed by atoms with E-state index in [4.69, 9.17) is 9.29 Å². The molecule has 5 nitrogen and oxygen atoms in total. The Morgan fingerprint density at radius 3 is 1.52 bits per heavy atom. The van der Waals surface area contributed by atoms with Crippen LogP contribution in [0.1, 0.15) is 104 Å². The summed E-state index contributed by atoms with van der Waals surface area (Å²) in [5, 5.41) is -1.50. The van der Waals surface area contributed by atoms with Crippen LogP contribution < -0.4 is 0 Å². The van der Waals surface area contributed by atoms with Crippen LogP contribution in [0.4, 0.5) is 0 Å². The first-order valence-electron chi connectivity index (χ1n) is 10.0. The fraction of sp³-hybridized carbons (Fsp3) is 0.947. The molecule has 0 aromatic carbocycles. The Labute approximate surface area is 154 Å². The summed E-state index contributed by atoms with van der Waals surface area (Å²) in [5.41, 5.74) is 0. The van der Waals surface area contributed by atoms with Gasteiger partial charge in [0.2, 0.25) is 0 Å². The zero-order valence-corrected chi connectivity index (χ0v) is 17.0. The quantitative estimate of drug-likeness (QED) is 0.211. The number of carbonyl (C=O) groups is 1. The van der Waals surface area contributed by atoms with Gasteiger partial charge in [0.15, 0.2) is 5.25 Å². The summed E-state index contributed by atoms with van der Waals surface area (Å²) in [4.78, 5) is 11.4. The molecule has 0 saturated carbocycles. The van der Waals surface area contributed by atoms with E-state index in [0.717, 1.165) is 26.2 Å². The maximum atomic E-state index is 11.4. The highest BCUT2D eigenvalue weighted by Crippen LogP contribution is 2.13. The van der Waals surface area contributed by atoms with Gasteiger partial charge in [-0.15, -0.1) is 0 Å². The van der Waals surface area contributed by atoms with Gasteiger partial charge in [-0.05, 0) is 13.3 Å². The molecule has 0 aliphatic heterocycles. The molecule has 0 amide bonds. The van der Waals surface area contributed by atoms with Crippen LogP contribution >= 0.6 is 0 Å². The fourth-order valence-electron chi connectivity index (χ4n) is 2.71. The molecular formula is C19H38O5S. The minimum Gasteiger partial charge on any atom is -0.465 e. The molecule has 0 aliphatic rings. The van der Waals surface area contributed by atoms with E-state index in [-0.39, 0.29) is 6.61 Å². The molecule has 0 fully saturated rings. The summed E-state index contributed by atoms with van der Waals surface area (Å²) in [7, 11) is -4.35. The predicted octanol–water partition coefficient (Wildman–Crippen LogP) is 5.29. The van der Waals surface area contributed by atoms with Gasteiger partial charge in [0, 0.05) is 0 Å². The first kappa shape index (κ1) is 24.4. The third-order valence-electron chi connectivity index (χ3n) is 4.52. The first-order chi connectivity index (χ1) is 11.9. The second-order valence-corrected chi connectivity index (χ2v) is 8.66. The van der Waals surface area contributed by atoms with Crippen LogP contribution in [-0.2, 0) is 19.6 Å². The minimum absolute atomic E-state index is 0.219. The molecule has 0 spiro atoms. The molecular weight excluding hydrogens is 340 g/mol. The van der Waals surface area contributed by atoms with Gasteiger partial charge in [0.25, 0.3) is 10.1 Å². The van der Waals surface area contributed by atoms with Crippen molar-refractivity contribution in [2.45, 2.75) is 109 Å². The highest BCUT2D eigenvalue weighted by molar-refractivity contribution is 7.87. The van der Waals surface area contributed by atoms with Crippen molar-refractivity contribution in [1.82, 2.24) is 0 Å². The lowest BCUT2D eigenvalue weighted by Gasteiger charge is -2.08. The van der Waals surface area contributed by atoms with Crippen LogP contribution in [0, 0.1) is 0 Å². The monoisotopic (exact) mass is 378 g/mol. The maximum absolute atomic E-state index is 11.4. The zero-order valence-electron chi connectivity index (χ0n) is 16.2. The Balaban J connectivity index is 3.28. The molecule has 0 aromatic heterocycles. The average Bonchev–Trinajstić information content (AvgIpc) is 2.56. The minimum atomic E-state index is -4.35. The van der Waals surface area contributed by atoms with E-state index in [0.29, 0.717) is 0 Å². The van der Waals surface area contributed by atoms with Crippen molar-refractivity contribution in [3.8, 4) is 0 Å².